The van der Waals surface area contributed by atoms with Gasteiger partial charge in [0.2, 0.25) is 0 Å². The smallest absolute Gasteiger partial charge is 0.319 e. The molecule has 0 atom stereocenters. The summed E-state index contributed by atoms with van der Waals surface area (Å²) in [6.45, 7) is 5.72. The fraction of sp³-hybridized carbons (Fsp3) is 0.316. The quantitative estimate of drug-likeness (QED) is 0.872. The number of carbonyl (C=O) groups is 1. The van der Waals surface area contributed by atoms with Gasteiger partial charge in [-0.3, -0.25) is 0 Å². The standard InChI is InChI=1S/C19H22ClN3O2/c1-14-17(20)3-2-4-18(14)22-19(24)21-13-15-5-7-16(8-6-15)23-9-11-25-12-10-23/h2-8H,9-13H2,1H3,(H2,21,22,24). The van der Waals surface area contributed by atoms with Crippen molar-refractivity contribution in [2.75, 3.05) is 36.5 Å². The van der Waals surface area contributed by atoms with Gasteiger partial charge in [0.15, 0.2) is 0 Å². The maximum Gasteiger partial charge on any atom is 0.319 e. The largest absolute Gasteiger partial charge is 0.378 e. The molecule has 0 unspecified atom stereocenters. The number of nitrogens with one attached hydrogen (secondary N) is 2. The van der Waals surface area contributed by atoms with Crippen LogP contribution in [0.15, 0.2) is 42.5 Å². The summed E-state index contributed by atoms with van der Waals surface area (Å²) >= 11 is 6.07. The van der Waals surface area contributed by atoms with Gasteiger partial charge in [-0.05, 0) is 42.3 Å². The molecule has 0 aromatic heterocycles. The van der Waals surface area contributed by atoms with Crippen LogP contribution in [-0.2, 0) is 11.3 Å². The van der Waals surface area contributed by atoms with E-state index in [1.165, 1.54) is 5.69 Å². The number of amides is 2. The molecular weight excluding hydrogens is 338 g/mol. The molecule has 1 fully saturated rings. The number of hydrogen-bond donors (Lipinski definition) is 2. The van der Waals surface area contributed by atoms with Gasteiger partial charge in [0.25, 0.3) is 0 Å². The van der Waals surface area contributed by atoms with E-state index in [9.17, 15) is 4.79 Å². The first-order chi connectivity index (χ1) is 12.1. The number of benzene rings is 2. The van der Waals surface area contributed by atoms with Crippen molar-refractivity contribution in [1.29, 1.82) is 0 Å². The summed E-state index contributed by atoms with van der Waals surface area (Å²) in [7, 11) is 0. The molecule has 25 heavy (non-hydrogen) atoms. The zero-order valence-corrected chi connectivity index (χ0v) is 15.0. The number of nitrogens with zero attached hydrogens (tertiary/aromatic N) is 1. The number of halogens is 1. The first-order valence-electron chi connectivity index (χ1n) is 8.35. The van der Waals surface area contributed by atoms with E-state index in [-0.39, 0.29) is 6.03 Å². The molecule has 0 spiro atoms. The molecule has 2 aromatic carbocycles. The highest BCUT2D eigenvalue weighted by molar-refractivity contribution is 6.31. The first kappa shape index (κ1) is 17.6. The molecule has 3 rings (SSSR count). The normalized spacial score (nSPS) is 14.2. The summed E-state index contributed by atoms with van der Waals surface area (Å²) in [5, 5.41) is 6.33. The third kappa shape index (κ3) is 4.65. The minimum atomic E-state index is -0.248. The van der Waals surface area contributed by atoms with Gasteiger partial charge in [0.1, 0.15) is 0 Å². The molecule has 2 aromatic rings. The molecule has 1 aliphatic rings. The number of rotatable bonds is 4. The molecule has 1 aliphatic heterocycles. The fourth-order valence-electron chi connectivity index (χ4n) is 2.74. The van der Waals surface area contributed by atoms with E-state index in [2.05, 4.69) is 27.7 Å². The van der Waals surface area contributed by atoms with Crippen LogP contribution < -0.4 is 15.5 Å². The predicted molar refractivity (Wildman–Crippen MR) is 102 cm³/mol. The van der Waals surface area contributed by atoms with E-state index < -0.39 is 0 Å². The van der Waals surface area contributed by atoms with Crippen LogP contribution in [-0.4, -0.2) is 32.3 Å². The second kappa shape index (κ2) is 8.23. The SMILES string of the molecule is Cc1c(Cl)cccc1NC(=O)NCc1ccc(N2CCOCC2)cc1. The molecular formula is C19H22ClN3O2. The highest BCUT2D eigenvalue weighted by Crippen LogP contribution is 2.22. The van der Waals surface area contributed by atoms with Crippen molar-refractivity contribution in [1.82, 2.24) is 5.32 Å². The van der Waals surface area contributed by atoms with Crippen LogP contribution in [0.2, 0.25) is 5.02 Å². The summed E-state index contributed by atoms with van der Waals surface area (Å²) in [5.74, 6) is 0. The van der Waals surface area contributed by atoms with Crippen molar-refractivity contribution in [3.05, 3.63) is 58.6 Å². The Morgan fingerprint density at radius 1 is 1.16 bits per heavy atom. The summed E-state index contributed by atoms with van der Waals surface area (Å²) < 4.78 is 5.37. The molecule has 0 saturated carbocycles. The molecule has 0 radical (unpaired) electrons. The third-order valence-corrected chi connectivity index (χ3v) is 4.69. The van der Waals surface area contributed by atoms with Crippen LogP contribution in [0.4, 0.5) is 16.2 Å². The topological polar surface area (TPSA) is 53.6 Å². The van der Waals surface area contributed by atoms with E-state index in [1.807, 2.05) is 31.2 Å². The molecule has 1 saturated heterocycles. The van der Waals surface area contributed by atoms with Gasteiger partial charge < -0.3 is 20.3 Å². The van der Waals surface area contributed by atoms with Crippen molar-refractivity contribution in [3.63, 3.8) is 0 Å². The third-order valence-electron chi connectivity index (χ3n) is 4.28. The van der Waals surface area contributed by atoms with Crippen LogP contribution in [0.5, 0.6) is 0 Å². The molecule has 132 valence electrons. The van der Waals surface area contributed by atoms with Crippen molar-refractivity contribution in [2.24, 2.45) is 0 Å². The zero-order valence-electron chi connectivity index (χ0n) is 14.2. The monoisotopic (exact) mass is 359 g/mol. The first-order valence-corrected chi connectivity index (χ1v) is 8.73. The Balaban J connectivity index is 1.52. The lowest BCUT2D eigenvalue weighted by Crippen LogP contribution is -2.36. The number of hydrogen-bond acceptors (Lipinski definition) is 3. The van der Waals surface area contributed by atoms with E-state index >= 15 is 0 Å². The van der Waals surface area contributed by atoms with Gasteiger partial charge in [-0.25, -0.2) is 4.79 Å². The minimum absolute atomic E-state index is 0.248. The summed E-state index contributed by atoms with van der Waals surface area (Å²) in [4.78, 5) is 14.4. The molecule has 6 heteroatoms. The van der Waals surface area contributed by atoms with Gasteiger partial charge in [-0.1, -0.05) is 29.8 Å². The molecule has 5 nitrogen and oxygen atoms in total. The highest BCUT2D eigenvalue weighted by Gasteiger charge is 2.11. The Labute approximate surface area is 152 Å². The van der Waals surface area contributed by atoms with Gasteiger partial charge in [0.05, 0.1) is 13.2 Å². The van der Waals surface area contributed by atoms with Crippen LogP contribution in [0.3, 0.4) is 0 Å². The number of urea groups is 1. The van der Waals surface area contributed by atoms with Crippen LogP contribution in [0.25, 0.3) is 0 Å². The van der Waals surface area contributed by atoms with E-state index in [1.54, 1.807) is 6.07 Å². The molecule has 1 heterocycles. The Morgan fingerprint density at radius 2 is 1.88 bits per heavy atom. The average molecular weight is 360 g/mol. The zero-order chi connectivity index (χ0) is 17.6. The maximum atomic E-state index is 12.1. The number of carbonyl (C=O) groups excluding carboxylic acids is 1. The number of ether oxygens (including phenoxy) is 1. The maximum absolute atomic E-state index is 12.1. The predicted octanol–water partition coefficient (Wildman–Crippen LogP) is 3.81. The second-order valence-electron chi connectivity index (χ2n) is 5.99. The van der Waals surface area contributed by atoms with Crippen LogP contribution >= 0.6 is 11.6 Å². The van der Waals surface area contributed by atoms with Crippen molar-refractivity contribution >= 4 is 29.0 Å². The van der Waals surface area contributed by atoms with Crippen LogP contribution in [0.1, 0.15) is 11.1 Å². The molecule has 0 aliphatic carbocycles. The van der Waals surface area contributed by atoms with Gasteiger partial charge in [0, 0.05) is 36.0 Å². The minimum Gasteiger partial charge on any atom is -0.378 e. The molecule has 2 amide bonds. The summed E-state index contributed by atoms with van der Waals surface area (Å²) in [5.41, 5.74) is 3.81. The van der Waals surface area contributed by atoms with Crippen molar-refractivity contribution in [3.8, 4) is 0 Å². The number of anilines is 2. The average Bonchev–Trinajstić information content (AvgIpc) is 2.65. The lowest BCUT2D eigenvalue weighted by Gasteiger charge is -2.28. The Bertz CT molecular complexity index is 728. The van der Waals surface area contributed by atoms with Crippen molar-refractivity contribution < 1.29 is 9.53 Å². The lowest BCUT2D eigenvalue weighted by atomic mass is 10.2. The van der Waals surface area contributed by atoms with Gasteiger partial charge in [-0.2, -0.15) is 0 Å². The summed E-state index contributed by atoms with van der Waals surface area (Å²) in [6, 6.07) is 13.4. The molecule has 2 N–H and O–H groups in total. The van der Waals surface area contributed by atoms with E-state index in [4.69, 9.17) is 16.3 Å². The fourth-order valence-corrected chi connectivity index (χ4v) is 2.91. The van der Waals surface area contributed by atoms with Gasteiger partial charge in [-0.15, -0.1) is 0 Å². The Kier molecular flexibility index (Phi) is 5.79. The lowest BCUT2D eigenvalue weighted by molar-refractivity contribution is 0.122. The highest BCUT2D eigenvalue weighted by atomic mass is 35.5. The van der Waals surface area contributed by atoms with Gasteiger partial charge >= 0.3 is 6.03 Å². The Hall–Kier alpha value is -2.24. The molecule has 0 bridgehead atoms. The summed E-state index contributed by atoms with van der Waals surface area (Å²) in [6.07, 6.45) is 0. The number of morpholine rings is 1. The van der Waals surface area contributed by atoms with E-state index in [0.717, 1.165) is 37.4 Å². The second-order valence-corrected chi connectivity index (χ2v) is 6.39. The van der Waals surface area contributed by atoms with Crippen LogP contribution in [0, 0.1) is 6.92 Å². The van der Waals surface area contributed by atoms with E-state index in [0.29, 0.717) is 17.3 Å². The Morgan fingerprint density at radius 3 is 2.60 bits per heavy atom. The van der Waals surface area contributed by atoms with Crippen molar-refractivity contribution in [2.45, 2.75) is 13.5 Å².